The lowest BCUT2D eigenvalue weighted by atomic mass is 9.82. The second kappa shape index (κ2) is 12.3. The van der Waals surface area contributed by atoms with Gasteiger partial charge in [-0.1, -0.05) is 166 Å². The van der Waals surface area contributed by atoms with Crippen LogP contribution in [0.4, 0.5) is 0 Å². The standard InChI is InChI=1S/C54H41N/c1-54(2)48-23-13-11-21-45(48)52-49(54)29-30-51-53(52)46-22-12-14-24-50(46)55(51)41-26-28-44-43(27-25-37-19-9-10-20-42(37)47(44)34-41)40-32-38(35-15-5-3-6-16-35)31-39(33-40)36-17-7-4-8-18-36/h3-24,26,28-34,43H,25,27H2,1-2H3. The molecule has 0 fully saturated rings. The number of rotatable bonds is 4. The summed E-state index contributed by atoms with van der Waals surface area (Å²) < 4.78 is 2.52. The summed E-state index contributed by atoms with van der Waals surface area (Å²) in [5.41, 5.74) is 21.1. The van der Waals surface area contributed by atoms with E-state index in [4.69, 9.17) is 0 Å². The Bertz CT molecular complexity index is 2890. The summed E-state index contributed by atoms with van der Waals surface area (Å²) in [6.45, 7) is 4.75. The summed E-state index contributed by atoms with van der Waals surface area (Å²) in [6, 6.07) is 68.2. The molecule has 0 aliphatic heterocycles. The Kier molecular flexibility index (Phi) is 7.16. The van der Waals surface area contributed by atoms with Gasteiger partial charge in [-0.05, 0) is 115 Å². The summed E-state index contributed by atoms with van der Waals surface area (Å²) in [7, 11) is 0. The van der Waals surface area contributed by atoms with E-state index < -0.39 is 0 Å². The van der Waals surface area contributed by atoms with Crippen LogP contribution < -0.4 is 0 Å². The quantitative estimate of drug-likeness (QED) is 0.172. The van der Waals surface area contributed by atoms with Gasteiger partial charge in [-0.15, -0.1) is 0 Å². The van der Waals surface area contributed by atoms with Crippen molar-refractivity contribution >= 4 is 21.8 Å². The lowest BCUT2D eigenvalue weighted by Gasteiger charge is -2.22. The fraction of sp³-hybridized carbons (Fsp3) is 0.111. The molecule has 8 aromatic carbocycles. The molecule has 0 saturated heterocycles. The molecule has 1 heterocycles. The molecule has 0 bridgehead atoms. The zero-order valence-corrected chi connectivity index (χ0v) is 31.3. The van der Waals surface area contributed by atoms with Crippen LogP contribution in [0.1, 0.15) is 54.0 Å². The molecule has 1 heteroatoms. The van der Waals surface area contributed by atoms with Gasteiger partial charge in [0.1, 0.15) is 0 Å². The monoisotopic (exact) mass is 703 g/mol. The lowest BCUT2D eigenvalue weighted by Crippen LogP contribution is -2.14. The Balaban J connectivity index is 1.14. The molecule has 11 rings (SSSR count). The van der Waals surface area contributed by atoms with Crippen LogP contribution in [-0.4, -0.2) is 4.57 Å². The van der Waals surface area contributed by atoms with E-state index in [1.54, 1.807) is 0 Å². The molecule has 2 aliphatic carbocycles. The van der Waals surface area contributed by atoms with Crippen LogP contribution in [0.25, 0.3) is 72.0 Å². The molecule has 0 saturated carbocycles. The van der Waals surface area contributed by atoms with Gasteiger partial charge >= 0.3 is 0 Å². The van der Waals surface area contributed by atoms with E-state index in [0.717, 1.165) is 12.8 Å². The molecular formula is C54H41N. The molecule has 0 radical (unpaired) electrons. The molecule has 0 amide bonds. The highest BCUT2D eigenvalue weighted by Crippen LogP contribution is 2.53. The third-order valence-electron chi connectivity index (χ3n) is 12.6. The first-order valence-electron chi connectivity index (χ1n) is 19.7. The van der Waals surface area contributed by atoms with Crippen molar-refractivity contribution in [1.82, 2.24) is 4.57 Å². The third-order valence-corrected chi connectivity index (χ3v) is 12.6. The number of hydrogen-bond acceptors (Lipinski definition) is 0. The molecular weight excluding hydrogens is 663 g/mol. The summed E-state index contributed by atoms with van der Waals surface area (Å²) in [4.78, 5) is 0. The number of aryl methyl sites for hydroxylation is 1. The average Bonchev–Trinajstić information content (AvgIpc) is 3.63. The Morgan fingerprint density at radius 1 is 0.491 bits per heavy atom. The van der Waals surface area contributed by atoms with Gasteiger partial charge in [0.15, 0.2) is 0 Å². The van der Waals surface area contributed by atoms with Crippen molar-refractivity contribution in [3.63, 3.8) is 0 Å². The van der Waals surface area contributed by atoms with E-state index in [1.165, 1.54) is 99.8 Å². The van der Waals surface area contributed by atoms with E-state index in [1.807, 2.05) is 0 Å². The van der Waals surface area contributed by atoms with Crippen molar-refractivity contribution in [2.75, 3.05) is 0 Å². The van der Waals surface area contributed by atoms with Crippen molar-refractivity contribution in [2.45, 2.75) is 38.0 Å². The maximum atomic E-state index is 2.52. The van der Waals surface area contributed by atoms with Gasteiger partial charge in [0, 0.05) is 27.8 Å². The molecule has 55 heavy (non-hydrogen) atoms. The summed E-state index contributed by atoms with van der Waals surface area (Å²) >= 11 is 0. The largest absolute Gasteiger partial charge is 0.309 e. The van der Waals surface area contributed by atoms with Crippen molar-refractivity contribution in [1.29, 1.82) is 0 Å². The van der Waals surface area contributed by atoms with Crippen molar-refractivity contribution in [2.24, 2.45) is 0 Å². The second-order valence-electron chi connectivity index (χ2n) is 16.0. The van der Waals surface area contributed by atoms with E-state index in [-0.39, 0.29) is 11.3 Å². The minimum absolute atomic E-state index is 0.0513. The maximum absolute atomic E-state index is 2.52. The van der Waals surface area contributed by atoms with E-state index in [0.29, 0.717) is 0 Å². The topological polar surface area (TPSA) is 4.93 Å². The number of aromatic nitrogens is 1. The minimum Gasteiger partial charge on any atom is -0.309 e. The van der Waals surface area contributed by atoms with Crippen molar-refractivity contribution < 1.29 is 0 Å². The maximum Gasteiger partial charge on any atom is 0.0547 e. The van der Waals surface area contributed by atoms with Crippen LogP contribution in [0.2, 0.25) is 0 Å². The number of fused-ring (bicyclic) bond motifs is 10. The number of benzene rings is 8. The average molecular weight is 704 g/mol. The molecule has 1 aromatic heterocycles. The Labute approximate surface area is 323 Å². The highest BCUT2D eigenvalue weighted by molar-refractivity contribution is 6.18. The van der Waals surface area contributed by atoms with Crippen LogP contribution in [-0.2, 0) is 11.8 Å². The van der Waals surface area contributed by atoms with Crippen molar-refractivity contribution in [3.05, 3.63) is 210 Å². The first-order valence-corrected chi connectivity index (χ1v) is 19.7. The molecule has 1 atom stereocenters. The van der Waals surface area contributed by atoms with Crippen LogP contribution >= 0.6 is 0 Å². The highest BCUT2D eigenvalue weighted by Gasteiger charge is 2.37. The summed E-state index contributed by atoms with van der Waals surface area (Å²) in [5, 5.41) is 2.66. The molecule has 1 nitrogen and oxygen atoms in total. The van der Waals surface area contributed by atoms with Gasteiger partial charge in [-0.3, -0.25) is 0 Å². The zero-order chi connectivity index (χ0) is 36.7. The van der Waals surface area contributed by atoms with Crippen LogP contribution in [0.5, 0.6) is 0 Å². The predicted octanol–water partition coefficient (Wildman–Crippen LogP) is 14.2. The van der Waals surface area contributed by atoms with Crippen molar-refractivity contribution in [3.8, 4) is 50.2 Å². The minimum atomic E-state index is -0.0513. The van der Waals surface area contributed by atoms with Crippen LogP contribution in [0, 0.1) is 0 Å². The zero-order valence-electron chi connectivity index (χ0n) is 31.3. The van der Waals surface area contributed by atoms with E-state index >= 15 is 0 Å². The fourth-order valence-electron chi connectivity index (χ4n) is 10.0. The van der Waals surface area contributed by atoms with Gasteiger partial charge in [0.05, 0.1) is 11.0 Å². The molecule has 0 spiro atoms. The lowest BCUT2D eigenvalue weighted by molar-refractivity contribution is 0.661. The normalized spacial score (nSPS) is 15.3. The number of para-hydroxylation sites is 1. The van der Waals surface area contributed by atoms with Gasteiger partial charge < -0.3 is 4.57 Å². The van der Waals surface area contributed by atoms with Crippen LogP contribution in [0.15, 0.2) is 182 Å². The highest BCUT2D eigenvalue weighted by atomic mass is 15.0. The molecule has 262 valence electrons. The number of nitrogens with zero attached hydrogens (tertiary/aromatic N) is 1. The molecule has 9 aromatic rings. The Hall–Kier alpha value is -6.44. The Morgan fingerprint density at radius 2 is 1.15 bits per heavy atom. The van der Waals surface area contributed by atoms with Gasteiger partial charge in [0.25, 0.3) is 0 Å². The smallest absolute Gasteiger partial charge is 0.0547 e. The summed E-state index contributed by atoms with van der Waals surface area (Å²) in [6.07, 6.45) is 2.07. The van der Waals surface area contributed by atoms with E-state index in [2.05, 4.69) is 200 Å². The molecule has 0 N–H and O–H groups in total. The fourth-order valence-corrected chi connectivity index (χ4v) is 10.0. The SMILES string of the molecule is CC1(C)c2ccccc2-c2c1ccc1c2c2ccccc2n1-c1ccc2c(c1)-c1ccccc1CCC2c1cc(-c2ccccc2)cc(-c2ccccc2)c1. The van der Waals surface area contributed by atoms with Gasteiger partial charge in [-0.2, -0.15) is 0 Å². The van der Waals surface area contributed by atoms with Gasteiger partial charge in [-0.25, -0.2) is 0 Å². The molecule has 2 aliphatic rings. The van der Waals surface area contributed by atoms with E-state index in [9.17, 15) is 0 Å². The second-order valence-corrected chi connectivity index (χ2v) is 16.0. The third kappa shape index (κ3) is 4.93. The first-order chi connectivity index (χ1) is 27.0. The molecule has 1 unspecified atom stereocenters. The Morgan fingerprint density at radius 3 is 1.91 bits per heavy atom. The first kappa shape index (κ1) is 32.0. The van der Waals surface area contributed by atoms with Crippen LogP contribution in [0.3, 0.4) is 0 Å². The van der Waals surface area contributed by atoms with Gasteiger partial charge in [0.2, 0.25) is 0 Å². The number of hydrogen-bond donors (Lipinski definition) is 0. The predicted molar refractivity (Wildman–Crippen MR) is 231 cm³/mol. The summed E-state index contributed by atoms with van der Waals surface area (Å²) in [5.74, 6) is 0.239.